The molecular formula is C19H14Cl4N2O2. The normalized spacial score (nSPS) is 27.4. The fourth-order valence-corrected chi connectivity index (χ4v) is 4.96. The smallest absolute Gasteiger partial charge is 0.182 e. The van der Waals surface area contributed by atoms with Gasteiger partial charge in [-0.3, -0.25) is 14.6 Å². The minimum Gasteiger partial charge on any atom is -0.325 e. The van der Waals surface area contributed by atoms with E-state index in [1.165, 1.54) is 0 Å². The molecule has 0 amide bonds. The van der Waals surface area contributed by atoms with E-state index in [-0.39, 0.29) is 37.3 Å². The van der Waals surface area contributed by atoms with Crippen molar-refractivity contribution in [2.45, 2.75) is 31.3 Å². The Bertz CT molecular complexity index is 965. The van der Waals surface area contributed by atoms with E-state index >= 15 is 0 Å². The molecule has 2 aliphatic carbocycles. The van der Waals surface area contributed by atoms with Crippen molar-refractivity contribution in [3.8, 4) is 0 Å². The minimum absolute atomic E-state index is 0.00148. The number of allylic oxidation sites excluding steroid dienone is 2. The molecule has 0 saturated carbocycles. The van der Waals surface area contributed by atoms with Crippen molar-refractivity contribution in [2.75, 3.05) is 0 Å². The number of ketones is 2. The minimum atomic E-state index is -1.13. The Hall–Kier alpha value is -1.17. The molecule has 0 fully saturated rings. The summed E-state index contributed by atoms with van der Waals surface area (Å²) in [5.41, 5.74) is 6.95. The summed E-state index contributed by atoms with van der Waals surface area (Å²) in [4.78, 5) is 30.9. The van der Waals surface area contributed by atoms with Crippen LogP contribution in [0, 0.1) is 5.92 Å². The van der Waals surface area contributed by atoms with Gasteiger partial charge in [-0.15, -0.1) is 0 Å². The van der Waals surface area contributed by atoms with Crippen LogP contribution in [0.15, 0.2) is 28.8 Å². The van der Waals surface area contributed by atoms with Crippen LogP contribution in [0.5, 0.6) is 0 Å². The van der Waals surface area contributed by atoms with Gasteiger partial charge in [-0.1, -0.05) is 58.6 Å². The first kappa shape index (κ1) is 19.2. The average Bonchev–Trinajstić information content (AvgIpc) is 2.89. The topological polar surface area (TPSA) is 72.5 Å². The second-order valence-corrected chi connectivity index (χ2v) is 8.54. The number of benzene rings is 1. The number of hydrogen-bond donors (Lipinski definition) is 1. The van der Waals surface area contributed by atoms with Crippen LogP contribution >= 0.6 is 46.4 Å². The van der Waals surface area contributed by atoms with Gasteiger partial charge in [0, 0.05) is 6.04 Å². The number of carbonyl (C=O) groups is 2. The number of rotatable bonds is 1. The van der Waals surface area contributed by atoms with Gasteiger partial charge < -0.3 is 5.73 Å². The van der Waals surface area contributed by atoms with Crippen LogP contribution in [0.4, 0.5) is 0 Å². The number of aliphatic imine (C=N–C) groups is 1. The number of halogens is 4. The summed E-state index contributed by atoms with van der Waals surface area (Å²) in [5.74, 6) is -2.10. The van der Waals surface area contributed by atoms with E-state index in [4.69, 9.17) is 57.1 Å². The first-order valence-corrected chi connectivity index (χ1v) is 9.88. The quantitative estimate of drug-likeness (QED) is 0.372. The SMILES string of the molecule is CC12N=C(C3C(=O)c4c(Cl)c(Cl)c(Cl)c(Cl)c4C3=O)C=CC1=CCCC2N. The maximum atomic E-state index is 13.1. The van der Waals surface area contributed by atoms with E-state index in [0.29, 0.717) is 5.71 Å². The predicted octanol–water partition coefficient (Wildman–Crippen LogP) is 5.11. The van der Waals surface area contributed by atoms with Gasteiger partial charge in [0.05, 0.1) is 42.5 Å². The molecule has 4 rings (SSSR count). The summed E-state index contributed by atoms with van der Waals surface area (Å²) in [6, 6.07) is -0.206. The number of nitrogens with two attached hydrogens (primary N) is 1. The first-order valence-electron chi connectivity index (χ1n) is 8.37. The van der Waals surface area contributed by atoms with Gasteiger partial charge in [-0.05, 0) is 31.4 Å². The number of Topliss-reactive ketones (excluding diaryl/α,β-unsaturated/α-hetero) is 2. The highest BCUT2D eigenvalue weighted by Gasteiger charge is 2.48. The lowest BCUT2D eigenvalue weighted by molar-refractivity contribution is 0.0883. The van der Waals surface area contributed by atoms with Crippen LogP contribution in [0.25, 0.3) is 0 Å². The second kappa shape index (κ2) is 6.43. The number of hydrogen-bond acceptors (Lipinski definition) is 4. The summed E-state index contributed by atoms with van der Waals surface area (Å²) in [7, 11) is 0. The van der Waals surface area contributed by atoms with Crippen LogP contribution in [-0.2, 0) is 0 Å². The Balaban J connectivity index is 1.86. The van der Waals surface area contributed by atoms with E-state index in [1.54, 1.807) is 6.08 Å². The Morgan fingerprint density at radius 3 is 2.11 bits per heavy atom. The Labute approximate surface area is 176 Å². The third kappa shape index (κ3) is 2.58. The molecule has 140 valence electrons. The van der Waals surface area contributed by atoms with Gasteiger partial charge >= 0.3 is 0 Å². The third-order valence-corrected chi connectivity index (χ3v) is 7.33. The number of nitrogens with zero attached hydrogens (tertiary/aromatic N) is 1. The maximum Gasteiger partial charge on any atom is 0.182 e. The molecule has 2 N–H and O–H groups in total. The number of fused-ring (bicyclic) bond motifs is 2. The molecule has 4 nitrogen and oxygen atoms in total. The molecule has 2 unspecified atom stereocenters. The molecule has 0 radical (unpaired) electrons. The maximum absolute atomic E-state index is 13.1. The lowest BCUT2D eigenvalue weighted by Gasteiger charge is -2.39. The van der Waals surface area contributed by atoms with E-state index in [0.717, 1.165) is 18.4 Å². The molecule has 1 aromatic carbocycles. The van der Waals surface area contributed by atoms with Gasteiger partial charge in [0.2, 0.25) is 0 Å². The summed E-state index contributed by atoms with van der Waals surface area (Å²) in [6.45, 7) is 1.91. The molecule has 27 heavy (non-hydrogen) atoms. The Morgan fingerprint density at radius 2 is 1.56 bits per heavy atom. The Kier molecular flexibility index (Phi) is 4.56. The van der Waals surface area contributed by atoms with Crippen LogP contribution < -0.4 is 5.73 Å². The molecule has 0 spiro atoms. The summed E-state index contributed by atoms with van der Waals surface area (Å²) in [6.07, 6.45) is 7.29. The van der Waals surface area contributed by atoms with Gasteiger partial charge in [-0.2, -0.15) is 0 Å². The fourth-order valence-electron chi connectivity index (χ4n) is 3.92. The van der Waals surface area contributed by atoms with Crippen LogP contribution in [-0.4, -0.2) is 28.9 Å². The number of carbonyl (C=O) groups excluding carboxylic acids is 2. The standard InChI is InChI=1S/C19H14Cl4N2O2/c1-19-7(3-2-4-9(19)24)5-6-8(25-19)10-17(26)11-12(18(10)27)14(21)16(23)15(22)13(11)20/h3,5-6,9-10H,2,4,24H2,1H3. The summed E-state index contributed by atoms with van der Waals surface area (Å²) >= 11 is 24.5. The molecule has 0 saturated heterocycles. The summed E-state index contributed by atoms with van der Waals surface area (Å²) < 4.78 is 0. The summed E-state index contributed by atoms with van der Waals surface area (Å²) in [5, 5.41) is -0.222. The molecule has 0 bridgehead atoms. The van der Waals surface area contributed by atoms with Gasteiger partial charge in [0.1, 0.15) is 5.92 Å². The molecule has 3 aliphatic rings. The van der Waals surface area contributed by atoms with Crippen molar-refractivity contribution in [1.82, 2.24) is 0 Å². The molecule has 1 aromatic rings. The van der Waals surface area contributed by atoms with E-state index in [9.17, 15) is 9.59 Å². The molecule has 8 heteroatoms. The molecule has 2 atom stereocenters. The molecule has 1 aliphatic heterocycles. The van der Waals surface area contributed by atoms with Crippen LogP contribution in [0.1, 0.15) is 40.5 Å². The zero-order chi connectivity index (χ0) is 19.7. The number of dihydropyridines is 1. The zero-order valence-electron chi connectivity index (χ0n) is 14.2. The molecule has 1 heterocycles. The van der Waals surface area contributed by atoms with Gasteiger partial charge in [0.15, 0.2) is 11.6 Å². The van der Waals surface area contributed by atoms with Crippen LogP contribution in [0.2, 0.25) is 20.1 Å². The highest BCUT2D eigenvalue weighted by atomic mass is 35.5. The fraction of sp³-hybridized carbons (Fsp3) is 0.316. The van der Waals surface area contributed by atoms with Crippen molar-refractivity contribution in [2.24, 2.45) is 16.6 Å². The first-order chi connectivity index (χ1) is 12.7. The van der Waals surface area contributed by atoms with E-state index in [2.05, 4.69) is 6.08 Å². The average molecular weight is 444 g/mol. The van der Waals surface area contributed by atoms with E-state index in [1.807, 2.05) is 13.0 Å². The third-order valence-electron chi connectivity index (χ3n) is 5.52. The molecular weight excluding hydrogens is 430 g/mol. The predicted molar refractivity (Wildman–Crippen MR) is 109 cm³/mol. The van der Waals surface area contributed by atoms with Crippen molar-refractivity contribution in [3.05, 3.63) is 55.0 Å². The van der Waals surface area contributed by atoms with Crippen LogP contribution in [0.3, 0.4) is 0 Å². The lowest BCUT2D eigenvalue weighted by Crippen LogP contribution is -2.49. The lowest BCUT2D eigenvalue weighted by atomic mass is 9.76. The highest BCUT2D eigenvalue weighted by Crippen LogP contribution is 2.47. The molecule has 0 aromatic heterocycles. The zero-order valence-corrected chi connectivity index (χ0v) is 17.2. The Morgan fingerprint density at radius 1 is 1.00 bits per heavy atom. The highest BCUT2D eigenvalue weighted by molar-refractivity contribution is 6.56. The van der Waals surface area contributed by atoms with Gasteiger partial charge in [-0.25, -0.2) is 0 Å². The second-order valence-electron chi connectivity index (χ2n) is 7.03. The van der Waals surface area contributed by atoms with Crippen molar-refractivity contribution in [3.63, 3.8) is 0 Å². The monoisotopic (exact) mass is 442 g/mol. The van der Waals surface area contributed by atoms with Crippen molar-refractivity contribution < 1.29 is 9.59 Å². The van der Waals surface area contributed by atoms with Crippen molar-refractivity contribution in [1.29, 1.82) is 0 Å². The largest absolute Gasteiger partial charge is 0.325 e. The van der Waals surface area contributed by atoms with E-state index < -0.39 is 23.0 Å². The van der Waals surface area contributed by atoms with Gasteiger partial charge in [0.25, 0.3) is 0 Å². The van der Waals surface area contributed by atoms with Crippen molar-refractivity contribution >= 4 is 63.7 Å².